The first-order valence-electron chi connectivity index (χ1n) is 4.44. The Labute approximate surface area is 87.0 Å². The Hall–Kier alpha value is -1.41. The molecule has 1 aromatic heterocycles. The highest BCUT2D eigenvalue weighted by molar-refractivity contribution is 7.08. The van der Waals surface area contributed by atoms with Crippen molar-refractivity contribution in [3.05, 3.63) is 57.8 Å². The molecule has 70 valence electrons. The standard InChI is InChI=1S/C12H10OS/c13-7-12-9-14-8-11(12)6-10-4-2-1-3-5-10/h1-5,7-9H,6H2. The quantitative estimate of drug-likeness (QED) is 0.699. The summed E-state index contributed by atoms with van der Waals surface area (Å²) in [5.74, 6) is 0. The van der Waals surface area contributed by atoms with Crippen LogP contribution in [0.25, 0.3) is 0 Å². The van der Waals surface area contributed by atoms with Gasteiger partial charge in [0.1, 0.15) is 0 Å². The van der Waals surface area contributed by atoms with Crippen LogP contribution in [-0.2, 0) is 6.42 Å². The van der Waals surface area contributed by atoms with Gasteiger partial charge in [-0.05, 0) is 22.9 Å². The molecule has 0 bridgehead atoms. The lowest BCUT2D eigenvalue weighted by molar-refractivity contribution is 0.112. The average Bonchev–Trinajstić information content (AvgIpc) is 2.67. The Bertz CT molecular complexity index is 417. The molecule has 1 nitrogen and oxygen atoms in total. The summed E-state index contributed by atoms with van der Waals surface area (Å²) in [6.07, 6.45) is 1.77. The maximum absolute atomic E-state index is 10.7. The second kappa shape index (κ2) is 4.20. The summed E-state index contributed by atoms with van der Waals surface area (Å²) >= 11 is 1.58. The van der Waals surface area contributed by atoms with Crippen molar-refractivity contribution in [1.82, 2.24) is 0 Å². The van der Waals surface area contributed by atoms with E-state index in [0.29, 0.717) is 0 Å². The van der Waals surface area contributed by atoms with Crippen molar-refractivity contribution in [2.75, 3.05) is 0 Å². The van der Waals surface area contributed by atoms with E-state index in [1.807, 2.05) is 29.0 Å². The first kappa shape index (κ1) is 9.16. The van der Waals surface area contributed by atoms with E-state index in [1.54, 1.807) is 11.3 Å². The van der Waals surface area contributed by atoms with Crippen LogP contribution in [0, 0.1) is 0 Å². The van der Waals surface area contributed by atoms with Crippen LogP contribution < -0.4 is 0 Å². The van der Waals surface area contributed by atoms with Crippen LogP contribution in [0.15, 0.2) is 41.1 Å². The van der Waals surface area contributed by atoms with Crippen molar-refractivity contribution in [1.29, 1.82) is 0 Å². The van der Waals surface area contributed by atoms with Crippen LogP contribution in [0.3, 0.4) is 0 Å². The molecule has 0 saturated carbocycles. The zero-order valence-corrected chi connectivity index (χ0v) is 8.46. The minimum absolute atomic E-state index is 0.818. The van der Waals surface area contributed by atoms with E-state index in [4.69, 9.17) is 0 Å². The molecule has 2 heteroatoms. The summed E-state index contributed by atoms with van der Waals surface area (Å²) in [4.78, 5) is 10.7. The van der Waals surface area contributed by atoms with E-state index < -0.39 is 0 Å². The topological polar surface area (TPSA) is 17.1 Å². The van der Waals surface area contributed by atoms with Gasteiger partial charge in [-0.25, -0.2) is 0 Å². The van der Waals surface area contributed by atoms with Crippen LogP contribution in [0.2, 0.25) is 0 Å². The first-order chi connectivity index (χ1) is 6.90. The Balaban J connectivity index is 2.23. The van der Waals surface area contributed by atoms with Gasteiger partial charge < -0.3 is 0 Å². The normalized spacial score (nSPS) is 10.0. The molecule has 0 N–H and O–H groups in total. The van der Waals surface area contributed by atoms with Gasteiger partial charge in [0.15, 0.2) is 6.29 Å². The van der Waals surface area contributed by atoms with Gasteiger partial charge in [-0.1, -0.05) is 30.3 Å². The van der Waals surface area contributed by atoms with E-state index in [1.165, 1.54) is 5.56 Å². The smallest absolute Gasteiger partial charge is 0.151 e. The molecule has 0 unspecified atom stereocenters. The van der Waals surface area contributed by atoms with Gasteiger partial charge in [0.2, 0.25) is 0 Å². The maximum atomic E-state index is 10.7. The molecule has 0 amide bonds. The number of thiophene rings is 1. The number of carbonyl (C=O) groups excluding carboxylic acids is 1. The lowest BCUT2D eigenvalue weighted by atomic mass is 10.1. The number of hydrogen-bond acceptors (Lipinski definition) is 2. The molecule has 0 aliphatic carbocycles. The van der Waals surface area contributed by atoms with Crippen molar-refractivity contribution in [3.63, 3.8) is 0 Å². The Morgan fingerprint density at radius 1 is 1.14 bits per heavy atom. The molecule has 0 saturated heterocycles. The van der Waals surface area contributed by atoms with Crippen molar-refractivity contribution < 1.29 is 4.79 Å². The van der Waals surface area contributed by atoms with E-state index >= 15 is 0 Å². The van der Waals surface area contributed by atoms with Gasteiger partial charge >= 0.3 is 0 Å². The summed E-state index contributed by atoms with van der Waals surface area (Å²) in [5, 5.41) is 3.93. The monoisotopic (exact) mass is 202 g/mol. The van der Waals surface area contributed by atoms with Gasteiger partial charge in [-0.15, -0.1) is 0 Å². The average molecular weight is 202 g/mol. The SMILES string of the molecule is O=Cc1cscc1Cc1ccccc1. The van der Waals surface area contributed by atoms with Crippen molar-refractivity contribution in [2.45, 2.75) is 6.42 Å². The summed E-state index contributed by atoms with van der Waals surface area (Å²) in [6.45, 7) is 0. The fraction of sp³-hybridized carbons (Fsp3) is 0.0833. The maximum Gasteiger partial charge on any atom is 0.151 e. The van der Waals surface area contributed by atoms with Crippen LogP contribution in [-0.4, -0.2) is 6.29 Å². The van der Waals surface area contributed by atoms with Crippen molar-refractivity contribution in [3.8, 4) is 0 Å². The molecular formula is C12H10OS. The van der Waals surface area contributed by atoms with Crippen molar-refractivity contribution >= 4 is 17.6 Å². The summed E-state index contributed by atoms with van der Waals surface area (Å²) in [6, 6.07) is 10.2. The Morgan fingerprint density at radius 2 is 1.93 bits per heavy atom. The third kappa shape index (κ3) is 1.91. The minimum atomic E-state index is 0.818. The number of rotatable bonds is 3. The largest absolute Gasteiger partial charge is 0.298 e. The molecule has 0 aliphatic heterocycles. The number of aldehydes is 1. The van der Waals surface area contributed by atoms with Crippen LogP contribution >= 0.6 is 11.3 Å². The first-order valence-corrected chi connectivity index (χ1v) is 5.38. The van der Waals surface area contributed by atoms with E-state index in [2.05, 4.69) is 12.1 Å². The predicted molar refractivity (Wildman–Crippen MR) is 59.0 cm³/mol. The minimum Gasteiger partial charge on any atom is -0.298 e. The fourth-order valence-corrected chi connectivity index (χ4v) is 2.20. The Kier molecular flexibility index (Phi) is 2.75. The number of benzene rings is 1. The molecule has 0 spiro atoms. The molecule has 1 heterocycles. The highest BCUT2D eigenvalue weighted by atomic mass is 32.1. The highest BCUT2D eigenvalue weighted by Gasteiger charge is 2.02. The molecule has 2 rings (SSSR count). The van der Waals surface area contributed by atoms with Gasteiger partial charge in [0.25, 0.3) is 0 Å². The van der Waals surface area contributed by atoms with Crippen LogP contribution in [0.5, 0.6) is 0 Å². The summed E-state index contributed by atoms with van der Waals surface area (Å²) < 4.78 is 0. The molecule has 0 radical (unpaired) electrons. The Morgan fingerprint density at radius 3 is 2.64 bits per heavy atom. The lowest BCUT2D eigenvalue weighted by Crippen LogP contribution is -1.89. The third-order valence-electron chi connectivity index (χ3n) is 2.14. The van der Waals surface area contributed by atoms with E-state index in [0.717, 1.165) is 23.8 Å². The number of carbonyl (C=O) groups is 1. The summed E-state index contributed by atoms with van der Waals surface area (Å²) in [7, 11) is 0. The van der Waals surface area contributed by atoms with E-state index in [-0.39, 0.29) is 0 Å². The van der Waals surface area contributed by atoms with Crippen molar-refractivity contribution in [2.24, 2.45) is 0 Å². The zero-order chi connectivity index (χ0) is 9.80. The predicted octanol–water partition coefficient (Wildman–Crippen LogP) is 3.15. The van der Waals surface area contributed by atoms with Gasteiger partial charge in [-0.2, -0.15) is 11.3 Å². The zero-order valence-electron chi connectivity index (χ0n) is 7.64. The lowest BCUT2D eigenvalue weighted by Gasteiger charge is -1.99. The van der Waals surface area contributed by atoms with Gasteiger partial charge in [0.05, 0.1) is 0 Å². The molecule has 0 atom stereocenters. The van der Waals surface area contributed by atoms with Gasteiger partial charge in [0, 0.05) is 10.9 Å². The second-order valence-electron chi connectivity index (χ2n) is 3.13. The van der Waals surface area contributed by atoms with Gasteiger partial charge in [-0.3, -0.25) is 4.79 Å². The molecule has 1 aromatic carbocycles. The number of hydrogen-bond donors (Lipinski definition) is 0. The summed E-state index contributed by atoms with van der Waals surface area (Å²) in [5.41, 5.74) is 3.18. The molecule has 0 aliphatic rings. The highest BCUT2D eigenvalue weighted by Crippen LogP contribution is 2.17. The van der Waals surface area contributed by atoms with Crippen LogP contribution in [0.4, 0.5) is 0 Å². The molecule has 2 aromatic rings. The van der Waals surface area contributed by atoms with E-state index in [9.17, 15) is 4.79 Å². The fourth-order valence-electron chi connectivity index (χ4n) is 1.40. The molecule has 0 fully saturated rings. The molecule has 14 heavy (non-hydrogen) atoms. The third-order valence-corrected chi connectivity index (χ3v) is 2.95. The second-order valence-corrected chi connectivity index (χ2v) is 3.88. The molecular weight excluding hydrogens is 192 g/mol. The van der Waals surface area contributed by atoms with Crippen LogP contribution in [0.1, 0.15) is 21.5 Å².